The normalized spacial score (nSPS) is 23.3. The van der Waals surface area contributed by atoms with Gasteiger partial charge >= 0.3 is 12.0 Å². The van der Waals surface area contributed by atoms with E-state index in [1.807, 2.05) is 13.0 Å². The lowest BCUT2D eigenvalue weighted by atomic mass is 9.67. The van der Waals surface area contributed by atoms with E-state index < -0.39 is 24.1 Å². The number of hydrogen-bond acceptors (Lipinski definition) is 6. The van der Waals surface area contributed by atoms with Crippen LogP contribution in [-0.4, -0.2) is 44.3 Å². The largest absolute Gasteiger partial charge is 0.458 e. The maximum Gasteiger partial charge on any atom is 0.326 e. The maximum absolute atomic E-state index is 13.1. The Labute approximate surface area is 192 Å². The van der Waals surface area contributed by atoms with Crippen LogP contribution in [0.15, 0.2) is 29.2 Å². The molecule has 3 amide bonds. The van der Waals surface area contributed by atoms with E-state index in [1.54, 1.807) is 12.3 Å². The Morgan fingerprint density at radius 1 is 1.24 bits per heavy atom. The molecule has 1 saturated carbocycles. The van der Waals surface area contributed by atoms with Gasteiger partial charge in [0.05, 0.1) is 5.69 Å². The van der Waals surface area contributed by atoms with Gasteiger partial charge in [0.25, 0.3) is 11.5 Å². The van der Waals surface area contributed by atoms with E-state index >= 15 is 0 Å². The molecule has 0 radical (unpaired) electrons. The van der Waals surface area contributed by atoms with Crippen molar-refractivity contribution >= 4 is 23.6 Å². The second kappa shape index (κ2) is 8.28. The van der Waals surface area contributed by atoms with Gasteiger partial charge in [-0.2, -0.15) is 0 Å². The molecule has 1 aliphatic carbocycles. The minimum atomic E-state index is -0.925. The smallest absolute Gasteiger partial charge is 0.326 e. The number of esters is 1. The fourth-order valence-corrected chi connectivity index (χ4v) is 4.85. The van der Waals surface area contributed by atoms with Gasteiger partial charge in [0.15, 0.2) is 0 Å². The van der Waals surface area contributed by atoms with Crippen molar-refractivity contribution in [2.75, 3.05) is 6.54 Å². The summed E-state index contributed by atoms with van der Waals surface area (Å²) < 4.78 is 6.66. The molecule has 4 rings (SSSR count). The van der Waals surface area contributed by atoms with Gasteiger partial charge in [-0.3, -0.25) is 23.7 Å². The number of nitrogens with one attached hydrogen (secondary N) is 1. The van der Waals surface area contributed by atoms with Crippen molar-refractivity contribution in [3.8, 4) is 0 Å². The number of carbonyl (C=O) groups excluding carboxylic acids is 3. The SMILES string of the molecule is Cc1cccn2c(=O)cc(COC(=O)CN3C(=O)NC4(CCC(C(C)(C)C)CC4)C3=O)nc12. The summed E-state index contributed by atoms with van der Waals surface area (Å²) in [5.41, 5.74) is 0.541. The molecule has 2 aliphatic rings. The van der Waals surface area contributed by atoms with Crippen LogP contribution in [0.5, 0.6) is 0 Å². The van der Waals surface area contributed by atoms with Crippen LogP contribution in [0.4, 0.5) is 4.79 Å². The quantitative estimate of drug-likeness (QED) is 0.562. The number of rotatable bonds is 4. The van der Waals surface area contributed by atoms with Gasteiger partial charge in [-0.05, 0) is 55.6 Å². The Morgan fingerprint density at radius 2 is 1.94 bits per heavy atom. The Bertz CT molecular complexity index is 1170. The number of hydrogen-bond donors (Lipinski definition) is 1. The monoisotopic (exact) mass is 454 g/mol. The van der Waals surface area contributed by atoms with Crippen LogP contribution in [-0.2, 0) is 20.9 Å². The Balaban J connectivity index is 1.39. The summed E-state index contributed by atoms with van der Waals surface area (Å²) in [5.74, 6) is -0.616. The molecule has 1 spiro atoms. The van der Waals surface area contributed by atoms with E-state index in [0.29, 0.717) is 30.1 Å². The summed E-state index contributed by atoms with van der Waals surface area (Å²) in [7, 11) is 0. The highest BCUT2D eigenvalue weighted by atomic mass is 16.5. The van der Waals surface area contributed by atoms with Crippen molar-refractivity contribution in [3.05, 3.63) is 46.0 Å². The van der Waals surface area contributed by atoms with Crippen LogP contribution >= 0.6 is 0 Å². The molecule has 2 aromatic rings. The number of imide groups is 1. The number of aryl methyl sites for hydroxylation is 1. The second-order valence-electron chi connectivity index (χ2n) is 10.2. The van der Waals surface area contributed by atoms with Crippen molar-refractivity contribution in [1.29, 1.82) is 0 Å². The van der Waals surface area contributed by atoms with Crippen LogP contribution in [0.1, 0.15) is 57.7 Å². The van der Waals surface area contributed by atoms with E-state index in [1.165, 1.54) is 10.5 Å². The lowest BCUT2D eigenvalue weighted by Crippen LogP contribution is -2.50. The summed E-state index contributed by atoms with van der Waals surface area (Å²) in [5, 5.41) is 2.83. The predicted molar refractivity (Wildman–Crippen MR) is 120 cm³/mol. The molecule has 0 bridgehead atoms. The van der Waals surface area contributed by atoms with Crippen molar-refractivity contribution in [2.45, 2.75) is 65.5 Å². The van der Waals surface area contributed by atoms with Crippen LogP contribution in [0.25, 0.3) is 5.65 Å². The summed E-state index contributed by atoms with van der Waals surface area (Å²) in [6.45, 7) is 7.70. The van der Waals surface area contributed by atoms with Gasteiger partial charge in [-0.15, -0.1) is 0 Å². The van der Waals surface area contributed by atoms with E-state index in [4.69, 9.17) is 4.74 Å². The molecule has 33 heavy (non-hydrogen) atoms. The van der Waals surface area contributed by atoms with Crippen molar-refractivity contribution < 1.29 is 19.1 Å². The Morgan fingerprint density at radius 3 is 2.61 bits per heavy atom. The first-order valence-corrected chi connectivity index (χ1v) is 11.3. The first-order valence-electron chi connectivity index (χ1n) is 11.3. The standard InChI is InChI=1S/C24H30N4O5/c1-15-6-5-11-27-18(29)12-17(25-20(15)27)14-33-19(30)13-28-21(31)24(26-22(28)32)9-7-16(8-10-24)23(2,3)4/h5-6,11-12,16H,7-10,13-14H2,1-4H3,(H,26,32). The fourth-order valence-electron chi connectivity index (χ4n) is 4.85. The minimum Gasteiger partial charge on any atom is -0.458 e. The number of amides is 3. The predicted octanol–water partition coefficient (Wildman–Crippen LogP) is 2.57. The van der Waals surface area contributed by atoms with Gasteiger partial charge in [-0.25, -0.2) is 9.78 Å². The van der Waals surface area contributed by atoms with Crippen LogP contribution < -0.4 is 10.9 Å². The Kier molecular flexibility index (Phi) is 5.76. The summed E-state index contributed by atoms with van der Waals surface area (Å²) in [6, 6.07) is 4.32. The zero-order valence-corrected chi connectivity index (χ0v) is 19.5. The van der Waals surface area contributed by atoms with Crippen molar-refractivity contribution in [3.63, 3.8) is 0 Å². The number of aromatic nitrogens is 2. The molecule has 0 unspecified atom stereocenters. The molecule has 176 valence electrons. The van der Waals surface area contributed by atoms with Crippen molar-refractivity contribution in [1.82, 2.24) is 19.6 Å². The third-order valence-corrected chi connectivity index (χ3v) is 6.92. The van der Waals surface area contributed by atoms with Crippen molar-refractivity contribution in [2.24, 2.45) is 11.3 Å². The highest BCUT2D eigenvalue weighted by molar-refractivity contribution is 6.08. The molecule has 0 aromatic carbocycles. The van der Waals surface area contributed by atoms with Gasteiger partial charge in [-0.1, -0.05) is 26.8 Å². The van der Waals surface area contributed by atoms with Crippen LogP contribution in [0, 0.1) is 18.3 Å². The zero-order chi connectivity index (χ0) is 24.0. The molecule has 1 aliphatic heterocycles. The lowest BCUT2D eigenvalue weighted by Gasteiger charge is -2.40. The fraction of sp³-hybridized carbons (Fsp3) is 0.542. The van der Waals surface area contributed by atoms with Gasteiger partial charge < -0.3 is 10.1 Å². The van der Waals surface area contributed by atoms with E-state index in [9.17, 15) is 19.2 Å². The number of nitrogens with zero attached hydrogens (tertiary/aromatic N) is 3. The highest BCUT2D eigenvalue weighted by Gasteiger charge is 2.53. The second-order valence-corrected chi connectivity index (χ2v) is 10.2. The average Bonchev–Trinajstić information content (AvgIpc) is 2.96. The minimum absolute atomic E-state index is 0.147. The first kappa shape index (κ1) is 22.9. The van der Waals surface area contributed by atoms with Gasteiger partial charge in [0, 0.05) is 12.3 Å². The molecule has 0 atom stereocenters. The topological polar surface area (TPSA) is 110 Å². The van der Waals surface area contributed by atoms with Crippen LogP contribution in [0.2, 0.25) is 0 Å². The van der Waals surface area contributed by atoms with E-state index in [-0.39, 0.29) is 23.5 Å². The molecular weight excluding hydrogens is 424 g/mol. The van der Waals surface area contributed by atoms with E-state index in [2.05, 4.69) is 31.1 Å². The maximum atomic E-state index is 13.1. The number of pyridine rings is 1. The molecule has 2 aromatic heterocycles. The molecule has 3 heterocycles. The third-order valence-electron chi connectivity index (χ3n) is 6.92. The number of ether oxygens (including phenoxy) is 1. The van der Waals surface area contributed by atoms with E-state index in [0.717, 1.165) is 23.3 Å². The molecule has 1 saturated heterocycles. The first-order chi connectivity index (χ1) is 15.5. The van der Waals surface area contributed by atoms with Crippen LogP contribution in [0.3, 0.4) is 0 Å². The zero-order valence-electron chi connectivity index (χ0n) is 19.5. The third kappa shape index (κ3) is 4.36. The number of urea groups is 1. The molecule has 9 nitrogen and oxygen atoms in total. The number of carbonyl (C=O) groups is 3. The number of fused-ring (bicyclic) bond motifs is 1. The average molecular weight is 455 g/mol. The van der Waals surface area contributed by atoms with Gasteiger partial charge in [0.1, 0.15) is 24.3 Å². The molecule has 2 fully saturated rings. The lowest BCUT2D eigenvalue weighted by molar-refractivity contribution is -0.149. The molecular formula is C24H30N4O5. The molecule has 1 N–H and O–H groups in total. The highest BCUT2D eigenvalue weighted by Crippen LogP contribution is 2.43. The molecule has 9 heteroatoms. The summed E-state index contributed by atoms with van der Waals surface area (Å²) in [4.78, 5) is 55.6. The summed E-state index contributed by atoms with van der Waals surface area (Å²) in [6.07, 6.45) is 4.44. The van der Waals surface area contributed by atoms with Gasteiger partial charge in [0.2, 0.25) is 0 Å². The summed E-state index contributed by atoms with van der Waals surface area (Å²) >= 11 is 0. The Hall–Kier alpha value is -3.23.